The van der Waals surface area contributed by atoms with E-state index in [1.807, 2.05) is 4.90 Å². The maximum Gasteiger partial charge on any atom is 0.223 e. The van der Waals surface area contributed by atoms with Crippen LogP contribution >= 0.6 is 0 Å². The molecule has 17 heavy (non-hydrogen) atoms. The first-order chi connectivity index (χ1) is 8.15. The zero-order valence-corrected chi connectivity index (χ0v) is 10.2. The fraction of sp³-hybridized carbons (Fsp3) is 0.833. The van der Waals surface area contributed by atoms with Crippen LogP contribution in [-0.2, 0) is 9.59 Å². The van der Waals surface area contributed by atoms with Gasteiger partial charge in [0.25, 0.3) is 0 Å². The van der Waals surface area contributed by atoms with E-state index in [9.17, 15) is 9.59 Å². The highest BCUT2D eigenvalue weighted by atomic mass is 16.2. The molecule has 1 saturated carbocycles. The summed E-state index contributed by atoms with van der Waals surface area (Å²) in [6, 6.07) is 0.614. The van der Waals surface area contributed by atoms with Gasteiger partial charge in [-0.15, -0.1) is 0 Å². The Bertz CT molecular complexity index is 294. The minimum absolute atomic E-state index is 0.00885. The minimum atomic E-state index is 0.00885. The van der Waals surface area contributed by atoms with Crippen molar-refractivity contribution in [3.05, 3.63) is 0 Å². The molecule has 5 nitrogen and oxygen atoms in total. The molecule has 2 amide bonds. The SMILES string of the molecule is NC1CCN(C(=O)CCC(=O)NC2CC2)CC1. The van der Waals surface area contributed by atoms with Crippen LogP contribution in [0.5, 0.6) is 0 Å². The molecule has 0 bridgehead atoms. The molecular formula is C12H21N3O2. The van der Waals surface area contributed by atoms with E-state index >= 15 is 0 Å². The van der Waals surface area contributed by atoms with Crippen molar-refractivity contribution in [3.8, 4) is 0 Å². The van der Waals surface area contributed by atoms with E-state index in [-0.39, 0.29) is 17.9 Å². The van der Waals surface area contributed by atoms with Crippen molar-refractivity contribution < 1.29 is 9.59 Å². The van der Waals surface area contributed by atoms with E-state index in [2.05, 4.69) is 5.32 Å². The van der Waals surface area contributed by atoms with E-state index in [0.29, 0.717) is 18.9 Å². The molecule has 0 radical (unpaired) electrons. The molecule has 5 heteroatoms. The number of carbonyl (C=O) groups excluding carboxylic acids is 2. The third kappa shape index (κ3) is 4.00. The lowest BCUT2D eigenvalue weighted by Crippen LogP contribution is -2.43. The number of rotatable bonds is 4. The smallest absolute Gasteiger partial charge is 0.223 e. The Labute approximate surface area is 102 Å². The van der Waals surface area contributed by atoms with E-state index in [0.717, 1.165) is 38.8 Å². The molecule has 0 aromatic rings. The average Bonchev–Trinajstić information content (AvgIpc) is 3.11. The summed E-state index contributed by atoms with van der Waals surface area (Å²) >= 11 is 0. The second-order valence-corrected chi connectivity index (χ2v) is 5.06. The van der Waals surface area contributed by atoms with Gasteiger partial charge in [-0.2, -0.15) is 0 Å². The van der Waals surface area contributed by atoms with Crippen LogP contribution in [0.2, 0.25) is 0 Å². The van der Waals surface area contributed by atoms with Crippen LogP contribution in [0, 0.1) is 0 Å². The molecule has 2 fully saturated rings. The van der Waals surface area contributed by atoms with Gasteiger partial charge in [-0.1, -0.05) is 0 Å². The number of carbonyl (C=O) groups is 2. The average molecular weight is 239 g/mol. The van der Waals surface area contributed by atoms with Crippen LogP contribution in [0.1, 0.15) is 38.5 Å². The number of hydrogen-bond acceptors (Lipinski definition) is 3. The van der Waals surface area contributed by atoms with Crippen LogP contribution in [0.25, 0.3) is 0 Å². The van der Waals surface area contributed by atoms with Crippen molar-refractivity contribution >= 4 is 11.8 Å². The molecule has 0 atom stereocenters. The third-order valence-corrected chi connectivity index (χ3v) is 3.40. The molecule has 0 aromatic heterocycles. The van der Waals surface area contributed by atoms with Gasteiger partial charge in [0.2, 0.25) is 11.8 Å². The van der Waals surface area contributed by atoms with E-state index in [1.54, 1.807) is 0 Å². The van der Waals surface area contributed by atoms with Crippen molar-refractivity contribution in [1.29, 1.82) is 0 Å². The highest BCUT2D eigenvalue weighted by Crippen LogP contribution is 2.18. The highest BCUT2D eigenvalue weighted by molar-refractivity contribution is 5.84. The number of nitrogens with two attached hydrogens (primary N) is 1. The van der Waals surface area contributed by atoms with E-state index in [1.165, 1.54) is 0 Å². The van der Waals surface area contributed by atoms with Crippen molar-refractivity contribution in [2.24, 2.45) is 5.73 Å². The zero-order valence-electron chi connectivity index (χ0n) is 10.2. The monoisotopic (exact) mass is 239 g/mol. The summed E-state index contributed by atoms with van der Waals surface area (Å²) in [4.78, 5) is 25.1. The molecule has 96 valence electrons. The quantitative estimate of drug-likeness (QED) is 0.725. The Morgan fingerprint density at radius 3 is 2.35 bits per heavy atom. The number of nitrogens with zero attached hydrogens (tertiary/aromatic N) is 1. The standard InChI is InChI=1S/C12H21N3O2/c13-9-5-7-15(8-6-9)12(17)4-3-11(16)14-10-1-2-10/h9-10H,1-8,13H2,(H,14,16). The molecule has 0 unspecified atom stereocenters. The molecule has 2 rings (SSSR count). The summed E-state index contributed by atoms with van der Waals surface area (Å²) < 4.78 is 0. The Morgan fingerprint density at radius 1 is 1.12 bits per heavy atom. The van der Waals surface area contributed by atoms with Gasteiger partial charge in [0.15, 0.2) is 0 Å². The van der Waals surface area contributed by atoms with Crippen molar-refractivity contribution in [1.82, 2.24) is 10.2 Å². The van der Waals surface area contributed by atoms with Gasteiger partial charge in [0.05, 0.1) is 0 Å². The molecule has 1 aliphatic carbocycles. The summed E-state index contributed by atoms with van der Waals surface area (Å²) in [6.45, 7) is 1.48. The Morgan fingerprint density at radius 2 is 1.76 bits per heavy atom. The first kappa shape index (κ1) is 12.4. The van der Waals surface area contributed by atoms with Gasteiger partial charge in [-0.3, -0.25) is 9.59 Å². The summed E-state index contributed by atoms with van der Waals surface area (Å²) in [5.41, 5.74) is 5.78. The lowest BCUT2D eigenvalue weighted by atomic mass is 10.1. The largest absolute Gasteiger partial charge is 0.353 e. The zero-order chi connectivity index (χ0) is 12.3. The van der Waals surface area contributed by atoms with Crippen LogP contribution in [0.15, 0.2) is 0 Å². The second kappa shape index (κ2) is 5.49. The first-order valence-corrected chi connectivity index (χ1v) is 6.48. The molecule has 0 aromatic carbocycles. The normalized spacial score (nSPS) is 21.4. The summed E-state index contributed by atoms with van der Waals surface area (Å²) in [7, 11) is 0. The van der Waals surface area contributed by atoms with Crippen molar-refractivity contribution in [2.45, 2.75) is 50.6 Å². The van der Waals surface area contributed by atoms with Gasteiger partial charge in [-0.05, 0) is 25.7 Å². The number of likely N-dealkylation sites (tertiary alicyclic amines) is 1. The van der Waals surface area contributed by atoms with Gasteiger partial charge in [-0.25, -0.2) is 0 Å². The van der Waals surface area contributed by atoms with E-state index < -0.39 is 0 Å². The lowest BCUT2D eigenvalue weighted by Gasteiger charge is -2.30. The molecular weight excluding hydrogens is 218 g/mol. The minimum Gasteiger partial charge on any atom is -0.353 e. The van der Waals surface area contributed by atoms with E-state index in [4.69, 9.17) is 5.73 Å². The van der Waals surface area contributed by atoms with Crippen molar-refractivity contribution in [2.75, 3.05) is 13.1 Å². The van der Waals surface area contributed by atoms with Crippen LogP contribution in [0.3, 0.4) is 0 Å². The molecule has 3 N–H and O–H groups in total. The topological polar surface area (TPSA) is 75.4 Å². The predicted octanol–water partition coefficient (Wildman–Crippen LogP) is -0.00510. The molecule has 1 aliphatic heterocycles. The fourth-order valence-corrected chi connectivity index (χ4v) is 2.05. The van der Waals surface area contributed by atoms with Crippen LogP contribution in [0.4, 0.5) is 0 Å². The molecule has 1 heterocycles. The van der Waals surface area contributed by atoms with Crippen molar-refractivity contribution in [3.63, 3.8) is 0 Å². The molecule has 0 spiro atoms. The predicted molar refractivity (Wildman–Crippen MR) is 64.2 cm³/mol. The van der Waals surface area contributed by atoms with Gasteiger partial charge >= 0.3 is 0 Å². The first-order valence-electron chi connectivity index (χ1n) is 6.48. The fourth-order valence-electron chi connectivity index (χ4n) is 2.05. The van der Waals surface area contributed by atoms with Crippen LogP contribution < -0.4 is 11.1 Å². The van der Waals surface area contributed by atoms with Gasteiger partial charge in [0, 0.05) is 38.0 Å². The summed E-state index contributed by atoms with van der Waals surface area (Å²) in [5, 5.41) is 2.89. The lowest BCUT2D eigenvalue weighted by molar-refractivity contribution is -0.134. The number of hydrogen-bond donors (Lipinski definition) is 2. The van der Waals surface area contributed by atoms with Gasteiger partial charge in [0.1, 0.15) is 0 Å². The second-order valence-electron chi connectivity index (χ2n) is 5.06. The maximum absolute atomic E-state index is 11.8. The van der Waals surface area contributed by atoms with Gasteiger partial charge < -0.3 is 16.0 Å². The Hall–Kier alpha value is -1.10. The molecule has 1 saturated heterocycles. The maximum atomic E-state index is 11.8. The molecule has 2 aliphatic rings. The number of piperidine rings is 1. The summed E-state index contributed by atoms with van der Waals surface area (Å²) in [6.07, 6.45) is 4.57. The third-order valence-electron chi connectivity index (χ3n) is 3.40. The Kier molecular flexibility index (Phi) is 3.99. The summed E-state index contributed by atoms with van der Waals surface area (Å²) in [5.74, 6) is 0.0948. The Balaban J connectivity index is 1.64. The van der Waals surface area contributed by atoms with Crippen LogP contribution in [-0.4, -0.2) is 41.9 Å². The highest BCUT2D eigenvalue weighted by Gasteiger charge is 2.24. The number of nitrogens with one attached hydrogen (secondary N) is 1. The number of amides is 2.